The third kappa shape index (κ3) is 16.9. The predicted molar refractivity (Wildman–Crippen MR) is 250 cm³/mol. The summed E-state index contributed by atoms with van der Waals surface area (Å²) >= 11 is 0. The number of carbonyl (C=O) groups excluding carboxylic acids is 6. The minimum atomic E-state index is -4.45. The summed E-state index contributed by atoms with van der Waals surface area (Å²) in [6.45, 7) is 4.95. The van der Waals surface area contributed by atoms with Crippen molar-refractivity contribution in [2.24, 2.45) is 16.0 Å². The number of aliphatic imine (C=N–C) groups is 1. The van der Waals surface area contributed by atoms with Crippen LogP contribution in [0.25, 0.3) is 0 Å². The maximum Gasteiger partial charge on any atom is 0.305 e. The van der Waals surface area contributed by atoms with Crippen LogP contribution in [0.5, 0.6) is 5.75 Å². The molecule has 5 rings (SSSR count). The Bertz CT molecular complexity index is 2490. The molecule has 0 radical (unpaired) electrons. The molecule has 0 spiro atoms. The molecule has 2 aromatic carbocycles. The Morgan fingerprint density at radius 2 is 1.61 bits per heavy atom. The number of hydrogen-bond donors (Lipinski definition) is 11. The Morgan fingerprint density at radius 1 is 0.870 bits per heavy atom. The van der Waals surface area contributed by atoms with Crippen LogP contribution in [0.1, 0.15) is 61.0 Å². The van der Waals surface area contributed by atoms with Gasteiger partial charge in [-0.2, -0.15) is 13.5 Å². The number of carboxylic acids is 1. The fourth-order valence-electron chi connectivity index (χ4n) is 6.86. The number of carboxylic acid groups (broad SMARTS) is 1. The van der Waals surface area contributed by atoms with Crippen LogP contribution >= 0.6 is 0 Å². The summed E-state index contributed by atoms with van der Waals surface area (Å²) in [7, 11) is -4.45. The van der Waals surface area contributed by atoms with E-state index in [1.54, 1.807) is 44.2 Å². The lowest BCUT2D eigenvalue weighted by molar-refractivity contribution is -0.141. The van der Waals surface area contributed by atoms with Gasteiger partial charge in [-0.25, -0.2) is 4.98 Å². The summed E-state index contributed by atoms with van der Waals surface area (Å²) in [5.41, 5.74) is 3.59. The quantitative estimate of drug-likeness (QED) is 0.0298. The zero-order chi connectivity index (χ0) is 49.9. The topological polar surface area (TPSA) is 349 Å². The Hall–Kier alpha value is -7.67. The van der Waals surface area contributed by atoms with Crippen molar-refractivity contribution in [3.05, 3.63) is 83.6 Å². The molecule has 1 aromatic heterocycles. The van der Waals surface area contributed by atoms with E-state index in [2.05, 4.69) is 63.0 Å². The number of pyridine rings is 1. The average molecular weight is 977 g/mol. The van der Waals surface area contributed by atoms with E-state index in [-0.39, 0.29) is 47.8 Å². The number of nitrogens with zero attached hydrogens (tertiary/aromatic N) is 3. The number of rotatable bonds is 19. The number of carbonyl (C=O) groups is 7. The van der Waals surface area contributed by atoms with Crippen molar-refractivity contribution in [1.82, 2.24) is 47.5 Å². The van der Waals surface area contributed by atoms with Crippen molar-refractivity contribution in [3.63, 3.8) is 0 Å². The summed E-state index contributed by atoms with van der Waals surface area (Å²) in [6.07, 6.45) is 2.56. The lowest BCUT2D eigenvalue weighted by Gasteiger charge is -2.27. The van der Waals surface area contributed by atoms with Gasteiger partial charge in [0.15, 0.2) is 5.96 Å². The third-order valence-corrected chi connectivity index (χ3v) is 11.4. The van der Waals surface area contributed by atoms with Crippen molar-refractivity contribution in [2.75, 3.05) is 44.8 Å². The number of nitrogens with one attached hydrogen (secondary N) is 9. The van der Waals surface area contributed by atoms with Gasteiger partial charge in [0.25, 0.3) is 16.0 Å². The largest absolute Gasteiger partial charge is 0.494 e. The summed E-state index contributed by atoms with van der Waals surface area (Å²) < 4.78 is 38.4. The molecule has 3 aromatic rings. The van der Waals surface area contributed by atoms with Crippen molar-refractivity contribution in [2.45, 2.75) is 75.0 Å². The van der Waals surface area contributed by atoms with E-state index in [1.165, 1.54) is 42.7 Å². The minimum absolute atomic E-state index is 0.120. The first-order valence-electron chi connectivity index (χ1n) is 22.0. The van der Waals surface area contributed by atoms with E-state index in [1.807, 2.05) is 0 Å². The van der Waals surface area contributed by atoms with Gasteiger partial charge >= 0.3 is 5.97 Å². The number of benzene rings is 2. The number of amides is 6. The normalized spacial score (nSPS) is 19.4. The molecular formula is C44H56N12O12S. The maximum absolute atomic E-state index is 13.9. The average Bonchev–Trinajstić information content (AvgIpc) is 3.84. The first kappa shape index (κ1) is 52.3. The number of hydrogen-bond acceptors (Lipinski definition) is 16. The second-order valence-electron chi connectivity index (χ2n) is 16.1. The zero-order valence-electron chi connectivity index (χ0n) is 37.8. The number of aliphatic carboxylic acids is 1. The molecule has 25 heteroatoms. The highest BCUT2D eigenvalue weighted by molar-refractivity contribution is 7.86. The lowest BCUT2D eigenvalue weighted by atomic mass is 9.99. The van der Waals surface area contributed by atoms with Crippen molar-refractivity contribution < 1.29 is 56.4 Å². The maximum atomic E-state index is 13.9. The van der Waals surface area contributed by atoms with Crippen LogP contribution < -0.4 is 52.7 Å². The number of anilines is 1. The van der Waals surface area contributed by atoms with Crippen LogP contribution in [0.2, 0.25) is 0 Å². The minimum Gasteiger partial charge on any atom is -0.494 e. The van der Waals surface area contributed by atoms with E-state index >= 15 is 0 Å². The van der Waals surface area contributed by atoms with Crippen LogP contribution in [-0.4, -0.2) is 140 Å². The fraction of sp³-hybridized carbons (Fsp3) is 0.409. The van der Waals surface area contributed by atoms with Gasteiger partial charge in [0, 0.05) is 37.8 Å². The number of aromatic nitrogens is 1. The first-order valence-corrected chi connectivity index (χ1v) is 23.4. The molecule has 0 saturated carbocycles. The number of ether oxygens (including phenoxy) is 1. The second kappa shape index (κ2) is 25.5. The highest BCUT2D eigenvalue weighted by atomic mass is 32.2. The molecule has 3 heterocycles. The molecule has 0 bridgehead atoms. The molecule has 6 amide bonds. The molecular weight excluding hydrogens is 921 g/mol. The van der Waals surface area contributed by atoms with Gasteiger partial charge in [-0.15, -0.1) is 0 Å². The van der Waals surface area contributed by atoms with Gasteiger partial charge in [0.2, 0.25) is 29.5 Å². The van der Waals surface area contributed by atoms with E-state index in [0.717, 1.165) is 0 Å². The smallest absolute Gasteiger partial charge is 0.305 e. The van der Waals surface area contributed by atoms with E-state index in [0.29, 0.717) is 49.7 Å². The van der Waals surface area contributed by atoms with E-state index in [9.17, 15) is 51.6 Å². The van der Waals surface area contributed by atoms with E-state index in [4.69, 9.17) is 4.74 Å². The Balaban J connectivity index is 1.16. The fourth-order valence-corrected chi connectivity index (χ4v) is 7.53. The first-order chi connectivity index (χ1) is 33.0. The zero-order valence-corrected chi connectivity index (χ0v) is 38.6. The molecule has 370 valence electrons. The highest BCUT2D eigenvalue weighted by Crippen LogP contribution is 2.16. The van der Waals surface area contributed by atoms with Crippen LogP contribution in [-0.2, 0) is 45.3 Å². The predicted octanol–water partition coefficient (Wildman–Crippen LogP) is -0.956. The SMILES string of the molecule is CC(C)[C@H]1NC(=O)C(CCCNC2=NCCN2)NC(=O)CNC(=O)C(CC(=O)O)NC(=O)C(Cc2ccc(OCCCNC(=O)c3ccc(NN=Cc4ccccc4S(=O)(=O)O)nc3)cc2)NC1=O. The summed E-state index contributed by atoms with van der Waals surface area (Å²) in [5.74, 6) is -4.95. The molecule has 3 unspecified atom stereocenters. The Kier molecular flexibility index (Phi) is 19.3. The standard InChI is InChI=1S/C44H56N12O12S/c1-26(2)38-43(64)54-32(42(63)53-33(22-37(58)59)40(61)50-25-36(57)52-31(41(62)55-38)8-5-16-46-44-47-18-19-48-44)21-27-10-13-30(14-11-27)68-20-6-17-45-39(60)29-12-15-35(49-23-29)56-51-24-28-7-3-4-9-34(28)69(65,66)67/h3-4,7,9-15,23-24,26,31-33,38H,5-6,8,16-22,25H2,1-2H3,(H,45,60)(H,49,56)(H,50,61)(H,52,57)(H,53,63)(H,54,64)(H,55,62)(H,58,59)(H2,46,47,48)(H,65,66,67)/t31?,32?,33?,38-/m1/s1. The molecule has 2 aliphatic heterocycles. The molecule has 1 saturated heterocycles. The molecule has 1 fully saturated rings. The third-order valence-electron chi connectivity index (χ3n) is 10.4. The Labute approximate surface area is 397 Å². The van der Waals surface area contributed by atoms with Crippen LogP contribution in [0.3, 0.4) is 0 Å². The number of guanidine groups is 1. The Morgan fingerprint density at radius 3 is 2.29 bits per heavy atom. The van der Waals surface area contributed by atoms with Crippen molar-refractivity contribution in [3.8, 4) is 5.75 Å². The molecule has 69 heavy (non-hydrogen) atoms. The molecule has 0 aliphatic carbocycles. The van der Waals surface area contributed by atoms with Gasteiger partial charge < -0.3 is 52.4 Å². The molecule has 11 N–H and O–H groups in total. The van der Waals surface area contributed by atoms with Gasteiger partial charge in [-0.3, -0.25) is 48.5 Å². The molecule has 4 atom stereocenters. The summed E-state index contributed by atoms with van der Waals surface area (Å²) in [5, 5.41) is 35.2. The van der Waals surface area contributed by atoms with Gasteiger partial charge in [-0.05, 0) is 61.1 Å². The molecule has 2 aliphatic rings. The summed E-state index contributed by atoms with van der Waals surface area (Å²) in [6, 6.07) is 10.1. The molecule has 24 nitrogen and oxygen atoms in total. The van der Waals surface area contributed by atoms with Crippen LogP contribution in [0.4, 0.5) is 5.82 Å². The van der Waals surface area contributed by atoms with Gasteiger partial charge in [0.1, 0.15) is 40.6 Å². The van der Waals surface area contributed by atoms with Crippen molar-refractivity contribution in [1.29, 1.82) is 0 Å². The lowest BCUT2D eigenvalue weighted by Crippen LogP contribution is -2.59. The second-order valence-corrected chi connectivity index (χ2v) is 17.5. The van der Waals surface area contributed by atoms with Gasteiger partial charge in [-0.1, -0.05) is 44.2 Å². The monoisotopic (exact) mass is 976 g/mol. The van der Waals surface area contributed by atoms with Crippen LogP contribution in [0.15, 0.2) is 81.8 Å². The van der Waals surface area contributed by atoms with Gasteiger partial charge in [0.05, 0.1) is 37.9 Å². The highest BCUT2D eigenvalue weighted by Gasteiger charge is 2.34. The van der Waals surface area contributed by atoms with Crippen molar-refractivity contribution >= 4 is 69.5 Å². The van der Waals surface area contributed by atoms with Crippen LogP contribution in [0, 0.1) is 5.92 Å². The van der Waals surface area contributed by atoms with E-state index < -0.39 is 94.6 Å². The number of hydrazone groups is 1. The summed E-state index contributed by atoms with van der Waals surface area (Å²) in [4.78, 5) is 100.